The topological polar surface area (TPSA) is 30.7 Å². The van der Waals surface area contributed by atoms with Crippen LogP contribution in [-0.4, -0.2) is 31.6 Å². The number of benzene rings is 4. The van der Waals surface area contributed by atoms with Crippen LogP contribution in [0.15, 0.2) is 116 Å². The van der Waals surface area contributed by atoms with E-state index < -0.39 is 9.52 Å². The van der Waals surface area contributed by atoms with Gasteiger partial charge in [0, 0.05) is 6.17 Å². The van der Waals surface area contributed by atoms with Crippen molar-refractivity contribution in [2.45, 2.75) is 17.5 Å². The lowest BCUT2D eigenvalue weighted by molar-refractivity contribution is 0.626. The zero-order valence-electron chi connectivity index (χ0n) is 19.8. The van der Waals surface area contributed by atoms with Crippen molar-refractivity contribution >= 4 is 22.5 Å². The van der Waals surface area contributed by atoms with E-state index in [4.69, 9.17) is 5.10 Å². The minimum absolute atomic E-state index is 0.125. The fourth-order valence-electron chi connectivity index (χ4n) is 4.69. The molecular weight excluding hydrogens is 467 g/mol. The summed E-state index contributed by atoms with van der Waals surface area (Å²) in [6.07, 6.45) is 2.58. The molecule has 1 aromatic heterocycles. The van der Waals surface area contributed by atoms with Gasteiger partial charge in [-0.25, -0.2) is 13.8 Å². The van der Waals surface area contributed by atoms with E-state index in [0.717, 1.165) is 23.0 Å². The first-order valence-electron chi connectivity index (χ1n) is 12.1. The summed E-state index contributed by atoms with van der Waals surface area (Å²) in [5.74, 6) is -0.345. The molecule has 36 heavy (non-hydrogen) atoms. The summed E-state index contributed by atoms with van der Waals surface area (Å²) in [6.45, 7) is 0. The number of nitrogens with zero attached hydrogens (tertiary/aromatic N) is 3. The van der Waals surface area contributed by atoms with Gasteiger partial charge in [-0.3, -0.25) is 4.68 Å². The first-order chi connectivity index (χ1) is 17.7. The molecule has 0 aliphatic heterocycles. The first-order valence-corrected chi connectivity index (χ1v) is 14.0. The summed E-state index contributed by atoms with van der Waals surface area (Å²) in [7, 11) is -0.0834. The van der Waals surface area contributed by atoms with Gasteiger partial charge in [-0.1, -0.05) is 84.9 Å². The Kier molecular flexibility index (Phi) is 7.47. The molecule has 0 unspecified atom stereocenters. The Morgan fingerprint density at radius 2 is 1.17 bits per heavy atom. The van der Waals surface area contributed by atoms with Crippen LogP contribution in [-0.2, 0) is 6.17 Å². The Labute approximate surface area is 212 Å². The van der Waals surface area contributed by atoms with Crippen molar-refractivity contribution in [3.8, 4) is 0 Å². The van der Waals surface area contributed by atoms with Gasteiger partial charge in [0.25, 0.3) is 0 Å². The second kappa shape index (κ2) is 11.3. The molecule has 5 rings (SSSR count). The maximum absolute atomic E-state index is 13.5. The zero-order valence-corrected chi connectivity index (χ0v) is 21.3. The number of hydrogen-bond donors (Lipinski definition) is 0. The fourth-order valence-corrected chi connectivity index (χ4v) is 6.64. The van der Waals surface area contributed by atoms with Gasteiger partial charge in [-0.2, -0.15) is 5.10 Å². The van der Waals surface area contributed by atoms with E-state index >= 15 is 0 Å². The van der Waals surface area contributed by atoms with Crippen molar-refractivity contribution < 1.29 is 8.78 Å². The average molecular weight is 493 g/mol. The van der Waals surface area contributed by atoms with Gasteiger partial charge in [0.15, 0.2) is 0 Å². The lowest BCUT2D eigenvalue weighted by atomic mass is 9.58. The van der Waals surface area contributed by atoms with Crippen LogP contribution in [0.2, 0.25) is 0 Å². The van der Waals surface area contributed by atoms with Crippen molar-refractivity contribution in [3.05, 3.63) is 149 Å². The Balaban J connectivity index is 1.34. The van der Waals surface area contributed by atoms with Crippen LogP contribution in [0.25, 0.3) is 0 Å². The summed E-state index contributed by atoms with van der Waals surface area (Å²) in [6, 6.07) is 34.2. The molecule has 0 amide bonds. The van der Waals surface area contributed by atoms with E-state index in [0.29, 0.717) is 7.28 Å². The Morgan fingerprint density at radius 3 is 1.67 bits per heavy atom. The predicted molar refractivity (Wildman–Crippen MR) is 145 cm³/mol. The molecule has 7 heteroatoms. The molecule has 0 atom stereocenters. The van der Waals surface area contributed by atoms with Crippen molar-refractivity contribution in [3.63, 3.8) is 0 Å². The molecule has 1 heterocycles. The van der Waals surface area contributed by atoms with Crippen LogP contribution < -0.4 is 5.72 Å². The lowest BCUT2D eigenvalue weighted by Crippen LogP contribution is -2.27. The fraction of sp³-hybridized carbons (Fsp3) is 0.103. The number of hydrogen-bond acceptors (Lipinski definition) is 2. The molecule has 0 fully saturated rings. The molecular formula is C29H26BF2N3Si. The van der Waals surface area contributed by atoms with Crippen molar-refractivity contribution in [2.24, 2.45) is 0 Å². The largest absolute Gasteiger partial charge is 0.257 e. The molecule has 5 aromatic rings. The maximum atomic E-state index is 13.5. The highest BCUT2D eigenvalue weighted by atomic mass is 28.2. The normalized spacial score (nSPS) is 11.6. The summed E-state index contributed by atoms with van der Waals surface area (Å²) >= 11 is 0. The Morgan fingerprint density at radius 1 is 0.667 bits per heavy atom. The molecule has 0 saturated carbocycles. The quantitative estimate of drug-likeness (QED) is 0.287. The highest BCUT2D eigenvalue weighted by Crippen LogP contribution is 2.25. The smallest absolute Gasteiger partial charge is 0.222 e. The molecule has 0 aliphatic carbocycles. The molecule has 0 aliphatic rings. The molecule has 4 aromatic carbocycles. The third kappa shape index (κ3) is 5.86. The molecule has 178 valence electrons. The molecule has 3 nitrogen and oxygen atoms in total. The number of halogens is 2. The van der Waals surface area contributed by atoms with Gasteiger partial charge in [0.05, 0.1) is 9.52 Å². The third-order valence-corrected chi connectivity index (χ3v) is 8.80. The van der Waals surface area contributed by atoms with Crippen LogP contribution >= 0.6 is 0 Å². The second-order valence-corrected chi connectivity index (χ2v) is 10.8. The third-order valence-electron chi connectivity index (χ3n) is 6.57. The summed E-state index contributed by atoms with van der Waals surface area (Å²) in [5.41, 5.74) is 5.50. The minimum atomic E-state index is -0.794. The lowest BCUT2D eigenvalue weighted by Gasteiger charge is -2.18. The monoisotopic (exact) mass is 493 g/mol. The number of rotatable bonds is 9. The van der Waals surface area contributed by atoms with E-state index in [2.05, 4.69) is 53.5 Å². The molecule has 0 N–H and O–H groups in total. The van der Waals surface area contributed by atoms with Crippen molar-refractivity contribution in [1.29, 1.82) is 0 Å². The highest BCUT2D eigenvalue weighted by molar-refractivity contribution is 6.53. The summed E-state index contributed by atoms with van der Waals surface area (Å²) in [5, 5.41) is 4.81. The average Bonchev–Trinajstić information content (AvgIpc) is 3.38. The van der Waals surface area contributed by atoms with Crippen LogP contribution in [0.3, 0.4) is 0 Å². The number of aromatic nitrogens is 3. The molecule has 0 spiro atoms. The SMILES string of the molecule is Fc1ccc(C([SiH2]Cn2cnc(BC(c3ccccc3)c3ccccc3)n2)c2ccc(F)cc2)cc1. The van der Waals surface area contributed by atoms with Crippen LogP contribution in [0.4, 0.5) is 8.78 Å². The highest BCUT2D eigenvalue weighted by Gasteiger charge is 2.20. The Hall–Kier alpha value is -3.84. The van der Waals surface area contributed by atoms with E-state index in [9.17, 15) is 8.78 Å². The summed E-state index contributed by atoms with van der Waals surface area (Å²) in [4.78, 5) is 4.63. The van der Waals surface area contributed by atoms with E-state index in [1.54, 1.807) is 0 Å². The summed E-state index contributed by atoms with van der Waals surface area (Å²) < 4.78 is 29.0. The van der Waals surface area contributed by atoms with Gasteiger partial charge >= 0.3 is 0 Å². The van der Waals surface area contributed by atoms with E-state index in [1.807, 2.05) is 47.4 Å². The standard InChI is InChI=1S/C29H26BF2N3Si/c31-25-15-11-23(12-16-25)28(24-13-17-26(32)18-14-24)36-20-35-19-33-29(34-35)30-27(21-7-3-1-4-8-21)22-9-5-2-6-10-22/h1-19,27-28,30H,20,36H2. The van der Waals surface area contributed by atoms with Gasteiger partial charge in [0.2, 0.25) is 7.28 Å². The molecule has 0 radical (unpaired) electrons. The van der Waals surface area contributed by atoms with E-state index in [-0.39, 0.29) is 23.0 Å². The van der Waals surface area contributed by atoms with E-state index in [1.165, 1.54) is 35.4 Å². The molecule has 0 bridgehead atoms. The predicted octanol–water partition coefficient (Wildman–Crippen LogP) is 4.32. The van der Waals surface area contributed by atoms with Crippen molar-refractivity contribution in [1.82, 2.24) is 14.8 Å². The zero-order chi connectivity index (χ0) is 24.7. The van der Waals surface area contributed by atoms with Crippen LogP contribution in [0, 0.1) is 11.6 Å². The van der Waals surface area contributed by atoms with Gasteiger partial charge in [-0.15, -0.1) is 0 Å². The van der Waals surface area contributed by atoms with Crippen LogP contribution in [0.1, 0.15) is 33.6 Å². The minimum Gasteiger partial charge on any atom is -0.257 e. The maximum Gasteiger partial charge on any atom is 0.222 e. The van der Waals surface area contributed by atoms with Gasteiger partial charge in [0.1, 0.15) is 23.7 Å². The van der Waals surface area contributed by atoms with Gasteiger partial charge in [-0.05, 0) is 57.9 Å². The second-order valence-electron chi connectivity index (χ2n) is 8.95. The van der Waals surface area contributed by atoms with Gasteiger partial charge < -0.3 is 0 Å². The van der Waals surface area contributed by atoms with Crippen LogP contribution in [0.5, 0.6) is 0 Å². The molecule has 0 saturated heterocycles. The first kappa shape index (κ1) is 23.9. The Bertz CT molecular complexity index is 1290. The van der Waals surface area contributed by atoms with Crippen molar-refractivity contribution in [2.75, 3.05) is 0 Å².